The summed E-state index contributed by atoms with van der Waals surface area (Å²) in [5, 5.41) is 7.10. The molecule has 32 heavy (non-hydrogen) atoms. The van der Waals surface area contributed by atoms with Gasteiger partial charge in [-0.3, -0.25) is 0 Å². The van der Waals surface area contributed by atoms with Gasteiger partial charge in [0.25, 0.3) is 6.08 Å². The third kappa shape index (κ3) is 4.35. The van der Waals surface area contributed by atoms with Gasteiger partial charge >= 0.3 is 5.69 Å². The van der Waals surface area contributed by atoms with Gasteiger partial charge in [-0.25, -0.2) is 24.0 Å². The number of hydrogen-bond donors (Lipinski definition) is 2. The van der Waals surface area contributed by atoms with Crippen LogP contribution in [0.15, 0.2) is 47.3 Å². The predicted octanol–water partition coefficient (Wildman–Crippen LogP) is 1.45. The Balaban J connectivity index is 1.57. The smallest absolute Gasteiger partial charge is 0.351 e. The van der Waals surface area contributed by atoms with Gasteiger partial charge in [0.15, 0.2) is 0 Å². The first-order chi connectivity index (χ1) is 15.5. The van der Waals surface area contributed by atoms with Gasteiger partial charge in [0.2, 0.25) is 5.88 Å². The molecule has 0 bridgehead atoms. The summed E-state index contributed by atoms with van der Waals surface area (Å²) < 4.78 is 33.2. The summed E-state index contributed by atoms with van der Waals surface area (Å²) in [5.41, 5.74) is 7.17. The second-order valence-corrected chi connectivity index (χ2v) is 6.98. The van der Waals surface area contributed by atoms with Crippen molar-refractivity contribution in [3.8, 4) is 23.5 Å². The first-order valence-corrected chi connectivity index (χ1v) is 9.69. The lowest BCUT2D eigenvalue weighted by atomic mass is 10.2. The minimum Gasteiger partial charge on any atom is -0.474 e. The fraction of sp³-hybridized carbons (Fsp3) is 0.238. The number of ether oxygens (including phenoxy) is 1. The zero-order valence-electron chi connectivity index (χ0n) is 17.1. The van der Waals surface area contributed by atoms with E-state index >= 15 is 0 Å². The third-order valence-electron chi connectivity index (χ3n) is 4.73. The topological polar surface area (TPSA) is 113 Å². The lowest BCUT2D eigenvalue weighted by Gasteiger charge is -2.17. The molecule has 4 rings (SSSR count). The Labute approximate surface area is 181 Å². The molecule has 0 radical (unpaired) electrons. The maximum absolute atomic E-state index is 12.8. The quantitative estimate of drug-likeness (QED) is 0.592. The molecule has 11 heteroatoms. The molecule has 164 valence electrons. The Hall–Kier alpha value is -4.04. The minimum atomic E-state index is -1.91. The molecule has 0 aliphatic carbocycles. The number of nitrogens with two attached hydrogens (primary N) is 1. The first kappa shape index (κ1) is 21.2. The van der Waals surface area contributed by atoms with Crippen LogP contribution in [0.25, 0.3) is 5.82 Å². The largest absolute Gasteiger partial charge is 0.474 e. The van der Waals surface area contributed by atoms with E-state index in [9.17, 15) is 13.6 Å². The van der Waals surface area contributed by atoms with Gasteiger partial charge < -0.3 is 15.8 Å². The summed E-state index contributed by atoms with van der Waals surface area (Å²) >= 11 is 0. The highest BCUT2D eigenvalue weighted by Gasteiger charge is 2.14. The maximum atomic E-state index is 12.8. The van der Waals surface area contributed by atoms with Crippen molar-refractivity contribution in [2.75, 3.05) is 25.0 Å². The van der Waals surface area contributed by atoms with E-state index in [2.05, 4.69) is 32.2 Å². The molecule has 0 atom stereocenters. The molecular formula is C21H19F2N7O2. The molecule has 0 unspecified atom stereocenters. The fourth-order valence-corrected chi connectivity index (χ4v) is 3.10. The molecule has 3 aromatic heterocycles. The van der Waals surface area contributed by atoms with Crippen LogP contribution in [0.2, 0.25) is 0 Å². The van der Waals surface area contributed by atoms with Gasteiger partial charge in [0.05, 0.1) is 12.2 Å². The van der Waals surface area contributed by atoms with Crippen LogP contribution >= 0.6 is 0 Å². The third-order valence-corrected chi connectivity index (χ3v) is 4.73. The van der Waals surface area contributed by atoms with Crippen molar-refractivity contribution < 1.29 is 13.5 Å². The zero-order valence-corrected chi connectivity index (χ0v) is 17.1. The molecule has 9 nitrogen and oxygen atoms in total. The fourth-order valence-electron chi connectivity index (χ4n) is 3.10. The average Bonchev–Trinajstić information content (AvgIpc) is 3.15. The Morgan fingerprint density at radius 1 is 1.25 bits per heavy atom. The van der Waals surface area contributed by atoms with E-state index in [-0.39, 0.29) is 18.7 Å². The van der Waals surface area contributed by atoms with Crippen molar-refractivity contribution >= 4 is 5.69 Å². The molecule has 3 aromatic rings. The highest BCUT2D eigenvalue weighted by atomic mass is 19.3. The molecular weight excluding hydrogens is 420 g/mol. The molecule has 0 saturated heterocycles. The highest BCUT2D eigenvalue weighted by molar-refractivity contribution is 5.58. The van der Waals surface area contributed by atoms with Crippen LogP contribution in [0.1, 0.15) is 16.7 Å². The predicted molar refractivity (Wildman–Crippen MR) is 113 cm³/mol. The summed E-state index contributed by atoms with van der Waals surface area (Å²) in [6.45, 7) is 2.29. The van der Waals surface area contributed by atoms with E-state index in [0.29, 0.717) is 41.5 Å². The molecule has 4 heterocycles. The SMILES string of the molecule is Cc1cc(C#Cc2cnc3c(c2)NCCO3)cnc1-n1cnn(CC(CN)=C(F)F)c1=O. The van der Waals surface area contributed by atoms with E-state index in [0.717, 1.165) is 10.4 Å². The molecule has 0 aromatic carbocycles. The van der Waals surface area contributed by atoms with Crippen molar-refractivity contribution in [1.82, 2.24) is 24.3 Å². The number of aromatic nitrogens is 5. The van der Waals surface area contributed by atoms with Crippen molar-refractivity contribution in [3.05, 3.63) is 69.7 Å². The van der Waals surface area contributed by atoms with E-state index < -0.39 is 11.8 Å². The molecule has 0 saturated carbocycles. The maximum Gasteiger partial charge on any atom is 0.351 e. The number of hydrogen-bond acceptors (Lipinski definition) is 7. The Morgan fingerprint density at radius 2 is 2.00 bits per heavy atom. The second-order valence-electron chi connectivity index (χ2n) is 6.98. The summed E-state index contributed by atoms with van der Waals surface area (Å²) in [5.74, 6) is 6.94. The van der Waals surface area contributed by atoms with Crippen LogP contribution in [0.3, 0.4) is 0 Å². The van der Waals surface area contributed by atoms with Crippen LogP contribution in [-0.4, -0.2) is 44.0 Å². The van der Waals surface area contributed by atoms with Crippen molar-refractivity contribution in [2.24, 2.45) is 5.73 Å². The Morgan fingerprint density at radius 3 is 2.72 bits per heavy atom. The van der Waals surface area contributed by atoms with Crippen LogP contribution in [0.4, 0.5) is 14.5 Å². The molecule has 0 amide bonds. The van der Waals surface area contributed by atoms with Crippen LogP contribution in [0, 0.1) is 18.8 Å². The monoisotopic (exact) mass is 439 g/mol. The lowest BCUT2D eigenvalue weighted by molar-refractivity contribution is 0.310. The van der Waals surface area contributed by atoms with Gasteiger partial charge in [-0.1, -0.05) is 11.8 Å². The standard InChI is InChI=1S/C21H19F2N7O2/c1-13-6-14(2-3-15-7-17-20(27-10-15)32-5-4-25-17)9-26-19(13)29-12-28-30(21(29)31)11-16(8-24)18(22)23/h6-7,9-10,12,25H,4-5,8,11,24H2,1H3. The van der Waals surface area contributed by atoms with Crippen molar-refractivity contribution in [1.29, 1.82) is 0 Å². The van der Waals surface area contributed by atoms with Crippen LogP contribution in [-0.2, 0) is 6.54 Å². The number of pyridine rings is 2. The van der Waals surface area contributed by atoms with Gasteiger partial charge in [0, 0.05) is 42.2 Å². The van der Waals surface area contributed by atoms with Crippen LogP contribution in [0.5, 0.6) is 5.88 Å². The van der Waals surface area contributed by atoms with Gasteiger partial charge in [-0.15, -0.1) is 0 Å². The lowest BCUT2D eigenvalue weighted by Crippen LogP contribution is -2.27. The number of nitrogens with zero attached hydrogens (tertiary/aromatic N) is 5. The first-order valence-electron chi connectivity index (χ1n) is 9.69. The molecule has 1 aliphatic rings. The number of rotatable bonds is 4. The zero-order chi connectivity index (χ0) is 22.7. The molecule has 3 N–H and O–H groups in total. The summed E-state index contributed by atoms with van der Waals surface area (Å²) in [4.78, 5) is 21.1. The second kappa shape index (κ2) is 8.99. The number of aryl methyl sites for hydroxylation is 1. The number of halogens is 2. The van der Waals surface area contributed by atoms with E-state index in [1.165, 1.54) is 17.1 Å². The van der Waals surface area contributed by atoms with Gasteiger partial charge in [-0.2, -0.15) is 13.9 Å². The number of anilines is 1. The highest BCUT2D eigenvalue weighted by Crippen LogP contribution is 2.24. The van der Waals surface area contributed by atoms with Gasteiger partial charge in [-0.05, 0) is 24.6 Å². The normalized spacial score (nSPS) is 12.1. The summed E-state index contributed by atoms with van der Waals surface area (Å²) in [7, 11) is 0. The molecule has 0 spiro atoms. The van der Waals surface area contributed by atoms with Crippen LogP contribution < -0.4 is 21.5 Å². The van der Waals surface area contributed by atoms with E-state index in [4.69, 9.17) is 10.5 Å². The average molecular weight is 439 g/mol. The van der Waals surface area contributed by atoms with E-state index in [1.807, 2.05) is 6.07 Å². The molecule has 0 fully saturated rings. The minimum absolute atomic E-state index is 0.336. The summed E-state index contributed by atoms with van der Waals surface area (Å²) in [6, 6.07) is 3.64. The molecule has 1 aliphatic heterocycles. The van der Waals surface area contributed by atoms with E-state index in [1.54, 1.807) is 19.2 Å². The van der Waals surface area contributed by atoms with Gasteiger partial charge in [0.1, 0.15) is 18.8 Å². The number of fused-ring (bicyclic) bond motifs is 1. The Bertz CT molecular complexity index is 1310. The van der Waals surface area contributed by atoms with Crippen molar-refractivity contribution in [3.63, 3.8) is 0 Å². The van der Waals surface area contributed by atoms with Crippen molar-refractivity contribution in [2.45, 2.75) is 13.5 Å². The Kier molecular flexibility index (Phi) is 5.96. The number of nitrogens with one attached hydrogen (secondary N) is 1. The summed E-state index contributed by atoms with van der Waals surface area (Å²) in [6.07, 6.45) is 2.48.